The Hall–Kier alpha value is -4.59. The van der Waals surface area contributed by atoms with E-state index in [1.54, 1.807) is 0 Å². The van der Waals surface area contributed by atoms with Crippen LogP contribution in [0.5, 0.6) is 5.75 Å². The number of carboxylic acids is 1. The first-order valence-electron chi connectivity index (χ1n) is 11.2. The Bertz CT molecular complexity index is 1230. The third-order valence-electron chi connectivity index (χ3n) is 6.12. The fourth-order valence-electron chi connectivity index (χ4n) is 4.17. The summed E-state index contributed by atoms with van der Waals surface area (Å²) in [4.78, 5) is 59.2. The smallest absolute Gasteiger partial charge is 0.325 e. The van der Waals surface area contributed by atoms with Crippen molar-refractivity contribution in [1.82, 2.24) is 16.0 Å². The van der Waals surface area contributed by atoms with E-state index >= 15 is 0 Å². The summed E-state index contributed by atoms with van der Waals surface area (Å²) in [5.74, 6) is -2.90. The van der Waals surface area contributed by atoms with Crippen molar-refractivity contribution in [2.45, 2.75) is 43.8 Å². The molecule has 0 aliphatic carbocycles. The molecule has 0 spiro atoms. The number of aromatic hydroxyl groups is 1. The second kappa shape index (κ2) is 11.0. The number of phenolic OH excluding ortho intramolecular Hbond substituents is 1. The van der Waals surface area contributed by atoms with Crippen LogP contribution in [0.1, 0.15) is 30.9 Å². The second-order valence-electron chi connectivity index (χ2n) is 8.62. The zero-order chi connectivity index (χ0) is 27.3. The molecule has 196 valence electrons. The molecule has 0 aromatic heterocycles. The molecule has 0 radical (unpaired) electrons. The van der Waals surface area contributed by atoms with Gasteiger partial charge in [-0.05, 0) is 50.1 Å². The number of carbonyl (C=O) groups excluding carboxylic acids is 2. The number of benzene rings is 2. The lowest BCUT2D eigenvalue weighted by molar-refractivity contribution is -0.394. The van der Waals surface area contributed by atoms with Gasteiger partial charge in [-0.25, -0.2) is 0 Å². The number of rotatable bonds is 10. The summed E-state index contributed by atoms with van der Waals surface area (Å²) in [6, 6.07) is 6.25. The van der Waals surface area contributed by atoms with E-state index in [1.807, 2.05) is 0 Å². The van der Waals surface area contributed by atoms with Gasteiger partial charge in [0.2, 0.25) is 11.8 Å². The lowest BCUT2D eigenvalue weighted by atomic mass is 9.85. The summed E-state index contributed by atoms with van der Waals surface area (Å²) in [5, 5.41) is 49.5. The van der Waals surface area contributed by atoms with Gasteiger partial charge in [-0.1, -0.05) is 12.1 Å². The predicted octanol–water partition coefficient (Wildman–Crippen LogP) is 1.10. The Morgan fingerprint density at radius 1 is 1.08 bits per heavy atom. The van der Waals surface area contributed by atoms with Crippen LogP contribution in [0.4, 0.5) is 11.4 Å². The van der Waals surface area contributed by atoms with E-state index in [1.165, 1.54) is 31.2 Å². The van der Waals surface area contributed by atoms with Crippen molar-refractivity contribution in [3.63, 3.8) is 0 Å². The molecule has 0 unspecified atom stereocenters. The highest BCUT2D eigenvalue weighted by Crippen LogP contribution is 2.38. The molecule has 37 heavy (non-hydrogen) atoms. The zero-order valence-electron chi connectivity index (χ0n) is 19.7. The van der Waals surface area contributed by atoms with Crippen molar-refractivity contribution in [1.29, 1.82) is 0 Å². The predicted molar refractivity (Wildman–Crippen MR) is 128 cm³/mol. The maximum Gasteiger partial charge on any atom is 0.325 e. The third kappa shape index (κ3) is 5.98. The summed E-state index contributed by atoms with van der Waals surface area (Å²) in [7, 11) is 0. The van der Waals surface area contributed by atoms with Gasteiger partial charge in [0, 0.05) is 12.5 Å². The number of nitro benzene ring substituents is 2. The van der Waals surface area contributed by atoms with Crippen LogP contribution in [0, 0.1) is 20.2 Å². The molecule has 5 N–H and O–H groups in total. The van der Waals surface area contributed by atoms with Crippen molar-refractivity contribution in [3.05, 3.63) is 73.8 Å². The first-order chi connectivity index (χ1) is 17.4. The molecule has 1 aliphatic heterocycles. The largest absolute Gasteiger partial charge is 0.508 e. The number of phenols is 1. The minimum atomic E-state index is -1.66. The second-order valence-corrected chi connectivity index (χ2v) is 8.62. The van der Waals surface area contributed by atoms with E-state index in [4.69, 9.17) is 5.11 Å². The molecule has 1 heterocycles. The molecule has 2 aromatic carbocycles. The number of carbonyl (C=O) groups is 3. The van der Waals surface area contributed by atoms with Crippen LogP contribution in [0.2, 0.25) is 0 Å². The van der Waals surface area contributed by atoms with Gasteiger partial charge in [-0.3, -0.25) is 39.9 Å². The Balaban J connectivity index is 1.99. The fourth-order valence-corrected chi connectivity index (χ4v) is 4.17. The van der Waals surface area contributed by atoms with Gasteiger partial charge < -0.3 is 20.8 Å². The average molecular weight is 515 g/mol. The summed E-state index contributed by atoms with van der Waals surface area (Å²) in [5.41, 5.74) is -2.37. The number of aliphatic carboxylic acids is 1. The van der Waals surface area contributed by atoms with Crippen LogP contribution in [-0.2, 0) is 26.3 Å². The number of amides is 2. The summed E-state index contributed by atoms with van der Waals surface area (Å²) >= 11 is 0. The maximum absolute atomic E-state index is 13.7. The molecule has 1 fully saturated rings. The van der Waals surface area contributed by atoms with E-state index in [9.17, 15) is 39.7 Å². The number of nitrogens with zero attached hydrogens (tertiary/aromatic N) is 2. The van der Waals surface area contributed by atoms with Crippen molar-refractivity contribution in [2.75, 3.05) is 6.54 Å². The molecule has 1 saturated heterocycles. The van der Waals surface area contributed by atoms with Gasteiger partial charge in [0.05, 0.1) is 21.5 Å². The van der Waals surface area contributed by atoms with Crippen molar-refractivity contribution >= 4 is 29.2 Å². The topological polar surface area (TPSA) is 214 Å². The quantitative estimate of drug-likeness (QED) is 0.224. The molecule has 0 bridgehead atoms. The third-order valence-corrected chi connectivity index (χ3v) is 6.12. The molecule has 2 aromatic rings. The Morgan fingerprint density at radius 2 is 1.76 bits per heavy atom. The molecular formula is C23H25N5O9. The molecule has 3 atom stereocenters. The van der Waals surface area contributed by atoms with Crippen LogP contribution in [0.3, 0.4) is 0 Å². The molecule has 3 rings (SSSR count). The number of non-ortho nitro benzene ring substituents is 1. The number of nitro groups is 2. The van der Waals surface area contributed by atoms with Gasteiger partial charge in [0.15, 0.2) is 0 Å². The number of hydrogen-bond acceptors (Lipinski definition) is 9. The van der Waals surface area contributed by atoms with E-state index in [0.29, 0.717) is 18.5 Å². The van der Waals surface area contributed by atoms with Crippen LogP contribution in [0.15, 0.2) is 42.5 Å². The minimum absolute atomic E-state index is 0.0205. The van der Waals surface area contributed by atoms with Crippen LogP contribution < -0.4 is 16.0 Å². The summed E-state index contributed by atoms with van der Waals surface area (Å²) in [6.45, 7) is 1.56. The minimum Gasteiger partial charge on any atom is -0.508 e. The highest BCUT2D eigenvalue weighted by atomic mass is 16.6. The van der Waals surface area contributed by atoms with E-state index in [0.717, 1.165) is 18.2 Å². The molecule has 14 nitrogen and oxygen atoms in total. The maximum atomic E-state index is 13.7. The molecule has 14 heteroatoms. The number of carboxylic acid groups (broad SMARTS) is 1. The summed E-state index contributed by atoms with van der Waals surface area (Å²) < 4.78 is 0. The number of nitrogens with one attached hydrogen (secondary N) is 3. The normalized spacial score (nSPS) is 18.4. The molecule has 0 saturated carbocycles. The van der Waals surface area contributed by atoms with Crippen molar-refractivity contribution in [2.24, 2.45) is 0 Å². The standard InChI is InChI=1S/C23H25N5O9/c1-13(21(31)32)25-20(30)18(11-14-3-6-16(29)7-4-14)26-22(33)23(9-2-10-24-23)17-8-5-15(27(34)35)12-19(17)28(36)37/h3-8,12-13,18,24,29H,2,9-11H2,1H3,(H,25,30)(H,26,33)(H,31,32)/t13-,18-,23+/m0/s1. The van der Waals surface area contributed by atoms with Gasteiger partial charge in [-0.2, -0.15) is 0 Å². The monoisotopic (exact) mass is 515 g/mol. The number of hydrogen-bond donors (Lipinski definition) is 5. The van der Waals surface area contributed by atoms with Gasteiger partial charge in [0.25, 0.3) is 11.4 Å². The van der Waals surface area contributed by atoms with Crippen molar-refractivity contribution in [3.8, 4) is 5.75 Å². The van der Waals surface area contributed by atoms with E-state index in [-0.39, 0.29) is 24.2 Å². The van der Waals surface area contributed by atoms with Gasteiger partial charge in [-0.15, -0.1) is 0 Å². The van der Waals surface area contributed by atoms with Crippen LogP contribution >= 0.6 is 0 Å². The van der Waals surface area contributed by atoms with Crippen LogP contribution in [-0.4, -0.2) is 56.5 Å². The average Bonchev–Trinajstić information content (AvgIpc) is 3.35. The first kappa shape index (κ1) is 27.0. The lowest BCUT2D eigenvalue weighted by Crippen LogP contribution is -2.58. The van der Waals surface area contributed by atoms with E-state index < -0.39 is 56.6 Å². The van der Waals surface area contributed by atoms with Gasteiger partial charge >= 0.3 is 5.97 Å². The van der Waals surface area contributed by atoms with Crippen LogP contribution in [0.25, 0.3) is 0 Å². The van der Waals surface area contributed by atoms with Gasteiger partial charge in [0.1, 0.15) is 23.4 Å². The fraction of sp³-hybridized carbons (Fsp3) is 0.348. The molecular weight excluding hydrogens is 490 g/mol. The van der Waals surface area contributed by atoms with E-state index in [2.05, 4.69) is 16.0 Å². The van der Waals surface area contributed by atoms with Crippen molar-refractivity contribution < 1.29 is 34.4 Å². The Labute approximate surface area is 210 Å². The molecule has 2 amide bonds. The zero-order valence-corrected chi connectivity index (χ0v) is 19.7. The highest BCUT2D eigenvalue weighted by Gasteiger charge is 2.48. The molecule has 1 aliphatic rings. The highest BCUT2D eigenvalue weighted by molar-refractivity contribution is 5.95. The first-order valence-corrected chi connectivity index (χ1v) is 11.2. The summed E-state index contributed by atoms with van der Waals surface area (Å²) in [6.07, 6.45) is 0.478. The lowest BCUT2D eigenvalue weighted by Gasteiger charge is -2.31. The SMILES string of the molecule is C[C@H](NC(=O)[C@H](Cc1ccc(O)cc1)NC(=O)[C@]1(c2ccc([N+](=O)[O-])cc2[N+](=O)[O-])CCCN1)C(=O)O. The Kier molecular flexibility index (Phi) is 8.02. The Morgan fingerprint density at radius 3 is 2.30 bits per heavy atom.